The van der Waals surface area contributed by atoms with E-state index in [1.54, 1.807) is 18.2 Å². The number of ketones is 1. The maximum Gasteiger partial charge on any atom is 0.300 e. The van der Waals surface area contributed by atoms with E-state index in [0.717, 1.165) is 22.3 Å². The fraction of sp³-hybridized carbons (Fsp3) is 0.241. The van der Waals surface area contributed by atoms with Crippen LogP contribution >= 0.6 is 0 Å². The number of methoxy groups -OCH3 is 2. The summed E-state index contributed by atoms with van der Waals surface area (Å²) in [6.45, 7) is 7.70. The van der Waals surface area contributed by atoms with Gasteiger partial charge in [-0.05, 0) is 74.2 Å². The first-order valence-electron chi connectivity index (χ1n) is 11.4. The Morgan fingerprint density at radius 1 is 0.857 bits per heavy atom. The van der Waals surface area contributed by atoms with E-state index in [1.807, 2.05) is 64.1 Å². The van der Waals surface area contributed by atoms with Crippen LogP contribution in [-0.4, -0.2) is 31.0 Å². The smallest absolute Gasteiger partial charge is 0.300 e. The molecular weight excluding hydrogens is 442 g/mol. The average Bonchev–Trinajstić information content (AvgIpc) is 3.10. The molecule has 6 heteroatoms. The summed E-state index contributed by atoms with van der Waals surface area (Å²) in [7, 11) is 3.05. The average molecular weight is 472 g/mol. The standard InChI is InChI=1S/C29H29NO5/c1-16-13-19(4)28(35-6)22(14-16)26(31)24-25(21-9-7-8-10-23(21)34-5)30(29(33)27(24)32)20-12-11-17(2)18(3)15-20/h7-15,25,31H,1-6H3/b26-24+. The van der Waals surface area contributed by atoms with E-state index in [2.05, 4.69) is 0 Å². The predicted octanol–water partition coefficient (Wildman–Crippen LogP) is 5.56. The fourth-order valence-corrected chi connectivity index (χ4v) is 4.71. The van der Waals surface area contributed by atoms with Crippen LogP contribution in [0.5, 0.6) is 11.5 Å². The van der Waals surface area contributed by atoms with Crippen LogP contribution in [0.3, 0.4) is 0 Å². The van der Waals surface area contributed by atoms with E-state index in [0.29, 0.717) is 28.3 Å². The summed E-state index contributed by atoms with van der Waals surface area (Å²) in [6.07, 6.45) is 0. The molecule has 0 bridgehead atoms. The Hall–Kier alpha value is -4.06. The Bertz CT molecular complexity index is 1370. The number of benzene rings is 3. The third-order valence-electron chi connectivity index (χ3n) is 6.52. The zero-order valence-corrected chi connectivity index (χ0v) is 20.8. The first kappa shape index (κ1) is 24.1. The highest BCUT2D eigenvalue weighted by Crippen LogP contribution is 2.46. The van der Waals surface area contributed by atoms with Crippen LogP contribution in [0.1, 0.15) is 39.4 Å². The van der Waals surface area contributed by atoms with Crippen LogP contribution in [0.2, 0.25) is 0 Å². The Balaban J connectivity index is 2.05. The van der Waals surface area contributed by atoms with E-state index < -0.39 is 17.7 Å². The molecule has 1 atom stereocenters. The third kappa shape index (κ3) is 4.05. The molecular formula is C29H29NO5. The number of ether oxygens (including phenoxy) is 2. The van der Waals surface area contributed by atoms with Crippen molar-refractivity contribution in [3.8, 4) is 11.5 Å². The highest BCUT2D eigenvalue weighted by molar-refractivity contribution is 6.51. The third-order valence-corrected chi connectivity index (χ3v) is 6.52. The molecule has 35 heavy (non-hydrogen) atoms. The lowest BCUT2D eigenvalue weighted by Crippen LogP contribution is -2.29. The number of carbonyl (C=O) groups is 2. The molecule has 0 spiro atoms. The second kappa shape index (κ2) is 9.29. The summed E-state index contributed by atoms with van der Waals surface area (Å²) in [5.41, 5.74) is 5.27. The molecule has 0 saturated carbocycles. The zero-order valence-electron chi connectivity index (χ0n) is 20.8. The molecule has 1 aliphatic rings. The van der Waals surface area contributed by atoms with Crippen molar-refractivity contribution < 1.29 is 24.2 Å². The van der Waals surface area contributed by atoms with Gasteiger partial charge in [0.2, 0.25) is 0 Å². The number of nitrogens with zero attached hydrogens (tertiary/aromatic N) is 1. The van der Waals surface area contributed by atoms with Gasteiger partial charge < -0.3 is 14.6 Å². The minimum Gasteiger partial charge on any atom is -0.507 e. The Kier molecular flexibility index (Phi) is 6.39. The Morgan fingerprint density at radius 2 is 1.57 bits per heavy atom. The number of aliphatic hydroxyl groups is 1. The van der Waals surface area contributed by atoms with Crippen LogP contribution in [0, 0.1) is 27.7 Å². The number of Topliss-reactive ketones (excluding diaryl/α,β-unsaturated/α-hetero) is 1. The Morgan fingerprint density at radius 3 is 2.23 bits per heavy atom. The summed E-state index contributed by atoms with van der Waals surface area (Å²) in [5.74, 6) is -0.808. The SMILES string of the molecule is COc1ccccc1C1/C(=C(\O)c2cc(C)cc(C)c2OC)C(=O)C(=O)N1c1ccc(C)c(C)c1. The van der Waals surface area contributed by atoms with Crippen molar-refractivity contribution in [1.29, 1.82) is 0 Å². The molecule has 0 aromatic heterocycles. The minimum absolute atomic E-state index is 0.0129. The van der Waals surface area contributed by atoms with Crippen molar-refractivity contribution in [1.82, 2.24) is 0 Å². The molecule has 180 valence electrons. The molecule has 0 aliphatic carbocycles. The molecule has 1 N–H and O–H groups in total. The number of hydrogen-bond acceptors (Lipinski definition) is 5. The molecule has 1 amide bonds. The summed E-state index contributed by atoms with van der Waals surface area (Å²) in [6, 6.07) is 15.6. The van der Waals surface area contributed by atoms with Gasteiger partial charge in [0, 0.05) is 11.3 Å². The van der Waals surface area contributed by atoms with E-state index in [1.165, 1.54) is 19.1 Å². The van der Waals surface area contributed by atoms with Crippen molar-refractivity contribution >= 4 is 23.1 Å². The monoisotopic (exact) mass is 471 g/mol. The summed E-state index contributed by atoms with van der Waals surface area (Å²) >= 11 is 0. The maximum atomic E-state index is 13.5. The largest absolute Gasteiger partial charge is 0.507 e. The number of aliphatic hydroxyl groups excluding tert-OH is 1. The highest BCUT2D eigenvalue weighted by atomic mass is 16.5. The molecule has 1 saturated heterocycles. The summed E-state index contributed by atoms with van der Waals surface area (Å²) in [5, 5.41) is 11.6. The zero-order chi connectivity index (χ0) is 25.4. The van der Waals surface area contributed by atoms with Gasteiger partial charge in [0.05, 0.1) is 31.4 Å². The number of anilines is 1. The van der Waals surface area contributed by atoms with Crippen LogP contribution in [0.25, 0.3) is 5.76 Å². The van der Waals surface area contributed by atoms with Gasteiger partial charge in [-0.3, -0.25) is 14.5 Å². The van der Waals surface area contributed by atoms with Gasteiger partial charge in [-0.2, -0.15) is 0 Å². The fourth-order valence-electron chi connectivity index (χ4n) is 4.71. The van der Waals surface area contributed by atoms with Gasteiger partial charge in [-0.1, -0.05) is 30.3 Å². The van der Waals surface area contributed by atoms with Gasteiger partial charge in [0.25, 0.3) is 11.7 Å². The molecule has 4 rings (SSSR count). The Labute approximate surface area is 205 Å². The minimum atomic E-state index is -0.890. The molecule has 1 aliphatic heterocycles. The number of rotatable bonds is 5. The number of amides is 1. The lowest BCUT2D eigenvalue weighted by molar-refractivity contribution is -0.132. The lowest BCUT2D eigenvalue weighted by Gasteiger charge is -2.27. The van der Waals surface area contributed by atoms with Crippen LogP contribution in [0.4, 0.5) is 5.69 Å². The van der Waals surface area contributed by atoms with E-state index in [9.17, 15) is 14.7 Å². The van der Waals surface area contributed by atoms with Crippen molar-refractivity contribution in [2.75, 3.05) is 19.1 Å². The number of carbonyl (C=O) groups excluding carboxylic acids is 2. The van der Waals surface area contributed by atoms with E-state index >= 15 is 0 Å². The summed E-state index contributed by atoms with van der Waals surface area (Å²) in [4.78, 5) is 28.4. The topological polar surface area (TPSA) is 76.1 Å². The summed E-state index contributed by atoms with van der Waals surface area (Å²) < 4.78 is 11.2. The molecule has 6 nitrogen and oxygen atoms in total. The highest BCUT2D eigenvalue weighted by Gasteiger charge is 2.48. The number of para-hydroxylation sites is 1. The van der Waals surface area contributed by atoms with Gasteiger partial charge >= 0.3 is 0 Å². The van der Waals surface area contributed by atoms with Crippen molar-refractivity contribution in [3.63, 3.8) is 0 Å². The molecule has 1 unspecified atom stereocenters. The normalized spacial score (nSPS) is 17.1. The molecule has 3 aromatic rings. The van der Waals surface area contributed by atoms with E-state index in [4.69, 9.17) is 9.47 Å². The quantitative estimate of drug-likeness (QED) is 0.299. The van der Waals surface area contributed by atoms with Gasteiger partial charge in [0.15, 0.2) is 0 Å². The molecule has 1 fully saturated rings. The van der Waals surface area contributed by atoms with Crippen LogP contribution in [0.15, 0.2) is 60.2 Å². The van der Waals surface area contributed by atoms with E-state index in [-0.39, 0.29) is 11.3 Å². The van der Waals surface area contributed by atoms with Crippen molar-refractivity contribution in [2.45, 2.75) is 33.7 Å². The van der Waals surface area contributed by atoms with Crippen molar-refractivity contribution in [3.05, 3.63) is 93.6 Å². The second-order valence-corrected chi connectivity index (χ2v) is 8.84. The number of aryl methyl sites for hydroxylation is 4. The molecule has 0 radical (unpaired) electrons. The van der Waals surface area contributed by atoms with Crippen LogP contribution < -0.4 is 14.4 Å². The molecule has 3 aromatic carbocycles. The van der Waals surface area contributed by atoms with Gasteiger partial charge in [0.1, 0.15) is 17.3 Å². The van der Waals surface area contributed by atoms with Crippen LogP contribution in [-0.2, 0) is 9.59 Å². The first-order valence-corrected chi connectivity index (χ1v) is 11.4. The number of hydrogen-bond donors (Lipinski definition) is 1. The van der Waals surface area contributed by atoms with Gasteiger partial charge in [-0.25, -0.2) is 0 Å². The van der Waals surface area contributed by atoms with Crippen molar-refractivity contribution in [2.24, 2.45) is 0 Å². The second-order valence-electron chi connectivity index (χ2n) is 8.84. The molecule has 1 heterocycles. The lowest BCUT2D eigenvalue weighted by atomic mass is 9.93. The predicted molar refractivity (Wildman–Crippen MR) is 136 cm³/mol. The maximum absolute atomic E-state index is 13.5. The first-order chi connectivity index (χ1) is 16.7. The van der Waals surface area contributed by atoms with Gasteiger partial charge in [-0.15, -0.1) is 0 Å².